The van der Waals surface area contributed by atoms with Crippen LogP contribution in [-0.2, 0) is 16.8 Å². The molecule has 1 aliphatic rings. The number of hydrogen-bond donors (Lipinski definition) is 2. The minimum absolute atomic E-state index is 0.00169. The van der Waals surface area contributed by atoms with Crippen LogP contribution in [0.5, 0.6) is 0 Å². The molecule has 1 fully saturated rings. The Hall–Kier alpha value is -3.78. The fraction of sp³-hybridized carbons (Fsp3) is 0.308. The van der Waals surface area contributed by atoms with Gasteiger partial charge in [-0.3, -0.25) is 9.78 Å². The van der Waals surface area contributed by atoms with Crippen LogP contribution in [0, 0.1) is 0 Å². The molecule has 34 heavy (non-hydrogen) atoms. The van der Waals surface area contributed by atoms with Crippen LogP contribution in [0.3, 0.4) is 0 Å². The Morgan fingerprint density at radius 2 is 1.79 bits per heavy atom. The van der Waals surface area contributed by atoms with Crippen LogP contribution in [0.2, 0.25) is 0 Å². The second-order valence-electron chi connectivity index (χ2n) is 9.57. The van der Waals surface area contributed by atoms with Crippen LogP contribution < -0.4 is 10.2 Å². The molecular weight excluding hydrogens is 430 g/mol. The number of hydrogen-bond acceptors (Lipinski definition) is 6. The third kappa shape index (κ3) is 4.36. The average molecular weight is 460 g/mol. The van der Waals surface area contributed by atoms with Crippen molar-refractivity contribution in [2.24, 2.45) is 0 Å². The lowest BCUT2D eigenvalue weighted by atomic mass is 9.85. The highest BCUT2D eigenvalue weighted by Crippen LogP contribution is 2.34. The number of nitrogens with one attached hydrogen (secondary N) is 1. The SMILES string of the molecule is CC(C)(CO)c1ccc(N2C(=O)N(Cc3ccnc(Nc4cccnc4)c3)C(C)(C)C2=O)cc1. The lowest BCUT2D eigenvalue weighted by molar-refractivity contribution is -0.123. The average Bonchev–Trinajstić information content (AvgIpc) is 2.99. The summed E-state index contributed by atoms with van der Waals surface area (Å²) in [5, 5.41) is 12.8. The lowest BCUT2D eigenvalue weighted by Gasteiger charge is -2.27. The molecular formula is C26H29N5O3. The first-order chi connectivity index (χ1) is 16.1. The molecule has 176 valence electrons. The van der Waals surface area contributed by atoms with Gasteiger partial charge in [0.2, 0.25) is 0 Å². The van der Waals surface area contributed by atoms with Crippen molar-refractivity contribution >= 4 is 29.1 Å². The van der Waals surface area contributed by atoms with Crippen LogP contribution in [0.4, 0.5) is 22.0 Å². The first-order valence-corrected chi connectivity index (χ1v) is 11.1. The molecule has 8 heteroatoms. The highest BCUT2D eigenvalue weighted by atomic mass is 16.3. The molecule has 1 aliphatic heterocycles. The molecule has 2 N–H and O–H groups in total. The maximum absolute atomic E-state index is 13.4. The molecule has 3 amide bonds. The number of carbonyl (C=O) groups is 2. The van der Waals surface area contributed by atoms with Gasteiger partial charge in [-0.05, 0) is 61.4 Å². The van der Waals surface area contributed by atoms with Crippen molar-refractivity contribution in [1.29, 1.82) is 0 Å². The third-order valence-corrected chi connectivity index (χ3v) is 6.22. The van der Waals surface area contributed by atoms with E-state index in [4.69, 9.17) is 0 Å². The second kappa shape index (κ2) is 8.87. The number of aliphatic hydroxyl groups excluding tert-OH is 1. The first-order valence-electron chi connectivity index (χ1n) is 11.1. The minimum atomic E-state index is -1.01. The topological polar surface area (TPSA) is 98.7 Å². The summed E-state index contributed by atoms with van der Waals surface area (Å²) in [5.41, 5.74) is 1.67. The van der Waals surface area contributed by atoms with Gasteiger partial charge in [0.05, 0.1) is 24.2 Å². The summed E-state index contributed by atoms with van der Waals surface area (Å²) in [7, 11) is 0. The largest absolute Gasteiger partial charge is 0.395 e. The molecule has 1 aromatic carbocycles. The van der Waals surface area contributed by atoms with Gasteiger partial charge < -0.3 is 15.3 Å². The van der Waals surface area contributed by atoms with Gasteiger partial charge in [0, 0.05) is 24.4 Å². The molecule has 0 radical (unpaired) electrons. The molecule has 0 spiro atoms. The van der Waals surface area contributed by atoms with E-state index in [9.17, 15) is 14.7 Å². The van der Waals surface area contributed by atoms with E-state index in [1.165, 1.54) is 4.90 Å². The van der Waals surface area contributed by atoms with Gasteiger partial charge >= 0.3 is 6.03 Å². The van der Waals surface area contributed by atoms with Crippen molar-refractivity contribution in [3.05, 3.63) is 78.2 Å². The zero-order valence-electron chi connectivity index (χ0n) is 19.8. The maximum atomic E-state index is 13.4. The summed E-state index contributed by atoms with van der Waals surface area (Å²) >= 11 is 0. The van der Waals surface area contributed by atoms with E-state index in [2.05, 4.69) is 15.3 Å². The van der Waals surface area contributed by atoms with E-state index in [0.29, 0.717) is 11.5 Å². The van der Waals surface area contributed by atoms with Crippen LogP contribution in [-0.4, -0.2) is 44.1 Å². The van der Waals surface area contributed by atoms with E-state index in [-0.39, 0.29) is 25.1 Å². The van der Waals surface area contributed by atoms with Crippen molar-refractivity contribution in [3.63, 3.8) is 0 Å². The Morgan fingerprint density at radius 1 is 1.06 bits per heavy atom. The first kappa shape index (κ1) is 23.4. The maximum Gasteiger partial charge on any atom is 0.332 e. The Morgan fingerprint density at radius 3 is 2.44 bits per heavy atom. The zero-order chi connectivity index (χ0) is 24.5. The number of imide groups is 1. The Bertz CT molecular complexity index is 1190. The quantitative estimate of drug-likeness (QED) is 0.513. The van der Waals surface area contributed by atoms with Gasteiger partial charge in [0.25, 0.3) is 5.91 Å². The summed E-state index contributed by atoms with van der Waals surface area (Å²) in [6, 6.07) is 14.2. The molecule has 0 atom stereocenters. The van der Waals surface area contributed by atoms with Crippen molar-refractivity contribution in [3.8, 4) is 0 Å². The Labute approximate surface area is 199 Å². The number of nitrogens with zero attached hydrogens (tertiary/aromatic N) is 4. The summed E-state index contributed by atoms with van der Waals surface area (Å²) in [5.74, 6) is 0.342. The predicted molar refractivity (Wildman–Crippen MR) is 131 cm³/mol. The van der Waals surface area contributed by atoms with E-state index < -0.39 is 11.0 Å². The lowest BCUT2D eigenvalue weighted by Crippen LogP contribution is -2.43. The fourth-order valence-corrected chi connectivity index (χ4v) is 3.89. The summed E-state index contributed by atoms with van der Waals surface area (Å²) < 4.78 is 0. The Balaban J connectivity index is 1.56. The Kier molecular flexibility index (Phi) is 6.10. The molecule has 8 nitrogen and oxygen atoms in total. The highest BCUT2D eigenvalue weighted by Gasteiger charge is 2.51. The number of amides is 3. The number of rotatable bonds is 7. The monoisotopic (exact) mass is 459 g/mol. The van der Waals surface area contributed by atoms with Crippen LogP contribution in [0.25, 0.3) is 0 Å². The number of benzene rings is 1. The number of pyridine rings is 2. The molecule has 0 saturated carbocycles. The highest BCUT2D eigenvalue weighted by molar-refractivity contribution is 6.22. The molecule has 3 aromatic rings. The molecule has 0 bridgehead atoms. The van der Waals surface area contributed by atoms with Crippen LogP contribution >= 0.6 is 0 Å². The summed E-state index contributed by atoms with van der Waals surface area (Å²) in [4.78, 5) is 37.9. The standard InChI is InChI=1S/C26H29N5O3/c1-25(2,17-32)19-7-9-21(10-8-19)31-23(33)26(3,4)30(24(31)34)16-18-11-13-28-22(14-18)29-20-6-5-12-27-15-20/h5-15,32H,16-17H2,1-4H3,(H,28,29). The molecule has 1 saturated heterocycles. The fourth-order valence-electron chi connectivity index (χ4n) is 3.89. The third-order valence-electron chi connectivity index (χ3n) is 6.22. The number of aromatic nitrogens is 2. The van der Waals surface area contributed by atoms with Gasteiger partial charge in [-0.25, -0.2) is 14.7 Å². The summed E-state index contributed by atoms with van der Waals surface area (Å²) in [6.45, 7) is 7.64. The van der Waals surface area contributed by atoms with Gasteiger partial charge in [-0.2, -0.15) is 0 Å². The molecule has 0 aliphatic carbocycles. The van der Waals surface area contributed by atoms with Crippen molar-refractivity contribution in [1.82, 2.24) is 14.9 Å². The number of anilines is 3. The normalized spacial score (nSPS) is 15.7. The number of urea groups is 1. The predicted octanol–water partition coefficient (Wildman–Crippen LogP) is 4.24. The van der Waals surface area contributed by atoms with Crippen molar-refractivity contribution < 1.29 is 14.7 Å². The minimum Gasteiger partial charge on any atom is -0.395 e. The van der Waals surface area contributed by atoms with Crippen LogP contribution in [0.1, 0.15) is 38.8 Å². The molecule has 4 rings (SSSR count). The van der Waals surface area contributed by atoms with Crippen LogP contribution in [0.15, 0.2) is 67.1 Å². The van der Waals surface area contributed by atoms with Gasteiger partial charge in [0.15, 0.2) is 0 Å². The van der Waals surface area contributed by atoms with Gasteiger partial charge in [-0.15, -0.1) is 0 Å². The van der Waals surface area contributed by atoms with Crippen molar-refractivity contribution in [2.75, 3.05) is 16.8 Å². The number of carbonyl (C=O) groups excluding carboxylic acids is 2. The zero-order valence-corrected chi connectivity index (χ0v) is 19.8. The van der Waals surface area contributed by atoms with E-state index >= 15 is 0 Å². The van der Waals surface area contributed by atoms with E-state index in [1.54, 1.807) is 49.5 Å². The van der Waals surface area contributed by atoms with E-state index in [1.807, 2.05) is 50.2 Å². The number of aliphatic hydroxyl groups is 1. The van der Waals surface area contributed by atoms with Gasteiger partial charge in [0.1, 0.15) is 11.4 Å². The van der Waals surface area contributed by atoms with E-state index in [0.717, 1.165) is 16.8 Å². The second-order valence-corrected chi connectivity index (χ2v) is 9.57. The smallest absolute Gasteiger partial charge is 0.332 e. The molecule has 2 aromatic heterocycles. The summed E-state index contributed by atoms with van der Waals surface area (Å²) in [6.07, 6.45) is 5.06. The molecule has 3 heterocycles. The van der Waals surface area contributed by atoms with Crippen molar-refractivity contribution in [2.45, 2.75) is 45.2 Å². The molecule has 0 unspecified atom stereocenters. The van der Waals surface area contributed by atoms with Gasteiger partial charge in [-0.1, -0.05) is 26.0 Å².